The fourth-order valence-electron chi connectivity index (χ4n) is 3.78. The monoisotopic (exact) mass is 592 g/mol. The van der Waals surface area contributed by atoms with Gasteiger partial charge in [-0.2, -0.15) is 0 Å². The molecule has 1 saturated carbocycles. The number of fused-ring (bicyclic) bond motifs is 1. The van der Waals surface area contributed by atoms with E-state index in [4.69, 9.17) is 16.7 Å². The van der Waals surface area contributed by atoms with Crippen LogP contribution in [0.4, 0.5) is 5.69 Å². The van der Waals surface area contributed by atoms with Gasteiger partial charge in [0.15, 0.2) is 5.16 Å². The van der Waals surface area contributed by atoms with E-state index in [0.717, 1.165) is 16.5 Å². The number of carbonyl (C=O) groups is 1. The molecule has 1 fully saturated rings. The zero-order chi connectivity index (χ0) is 24.7. The number of hydrogen-bond acceptors (Lipinski definition) is 7. The fourth-order valence-corrected chi connectivity index (χ4v) is 5.92. The first kappa shape index (κ1) is 24.2. The van der Waals surface area contributed by atoms with Gasteiger partial charge in [-0.25, -0.2) is 13.6 Å². The van der Waals surface area contributed by atoms with Gasteiger partial charge in [-0.3, -0.25) is 14.3 Å². The first-order valence-electron chi connectivity index (χ1n) is 10.5. The van der Waals surface area contributed by atoms with Crippen LogP contribution in [0.25, 0.3) is 16.5 Å². The largest absolute Gasteiger partial charge is 0.324 e. The average molecular weight is 594 g/mol. The maximum atomic E-state index is 12.6. The number of benzene rings is 2. The Morgan fingerprint density at radius 1 is 1.20 bits per heavy atom. The van der Waals surface area contributed by atoms with E-state index in [1.54, 1.807) is 6.20 Å². The lowest BCUT2D eigenvalue weighted by molar-refractivity contribution is -0.113. The lowest BCUT2D eigenvalue weighted by atomic mass is 10.0. The van der Waals surface area contributed by atoms with Crippen molar-refractivity contribution >= 4 is 71.7 Å². The lowest BCUT2D eigenvalue weighted by Gasteiger charge is -2.13. The number of sulfonamides is 1. The smallest absolute Gasteiger partial charge is 0.238 e. The number of nitrogens with one attached hydrogen (secondary N) is 1. The second kappa shape index (κ2) is 9.51. The molecule has 1 amide bonds. The van der Waals surface area contributed by atoms with Gasteiger partial charge in [0.1, 0.15) is 0 Å². The van der Waals surface area contributed by atoms with Crippen LogP contribution in [-0.4, -0.2) is 39.8 Å². The van der Waals surface area contributed by atoms with Crippen LogP contribution in [0.1, 0.15) is 24.3 Å². The zero-order valence-electron chi connectivity index (χ0n) is 18.0. The highest BCUT2D eigenvalue weighted by molar-refractivity contribution is 9.10. The normalized spacial score (nSPS) is 13.8. The molecule has 2 aromatic carbocycles. The van der Waals surface area contributed by atoms with Gasteiger partial charge in [0.05, 0.1) is 27.0 Å². The molecule has 35 heavy (non-hydrogen) atoms. The van der Waals surface area contributed by atoms with Gasteiger partial charge in [-0.05, 0) is 76.0 Å². The van der Waals surface area contributed by atoms with Crippen LogP contribution < -0.4 is 10.5 Å². The molecule has 2 aromatic heterocycles. The van der Waals surface area contributed by atoms with Crippen molar-refractivity contribution in [2.24, 2.45) is 5.14 Å². The summed E-state index contributed by atoms with van der Waals surface area (Å²) in [5, 5.41) is 18.9. The average Bonchev–Trinajstić information content (AvgIpc) is 3.60. The zero-order valence-corrected chi connectivity index (χ0v) is 22.0. The van der Waals surface area contributed by atoms with E-state index in [9.17, 15) is 13.2 Å². The van der Waals surface area contributed by atoms with E-state index in [1.165, 1.54) is 48.4 Å². The SMILES string of the molecule is NS(=O)(=O)c1ccc(NC(=O)CSc2nnc(Br)n2-c2ccc(C3CC3)c3ccncc23)c(Cl)c1. The minimum Gasteiger partial charge on any atom is -0.324 e. The van der Waals surface area contributed by atoms with E-state index in [2.05, 4.69) is 42.5 Å². The van der Waals surface area contributed by atoms with Gasteiger partial charge in [-0.1, -0.05) is 29.4 Å². The molecule has 3 N–H and O–H groups in total. The molecule has 180 valence electrons. The topological polar surface area (TPSA) is 133 Å². The van der Waals surface area contributed by atoms with Gasteiger partial charge < -0.3 is 5.32 Å². The number of primary sulfonamides is 1. The fraction of sp³-hybridized carbons (Fsp3) is 0.182. The van der Waals surface area contributed by atoms with Gasteiger partial charge >= 0.3 is 0 Å². The summed E-state index contributed by atoms with van der Waals surface area (Å²) in [6.07, 6.45) is 6.01. The quantitative estimate of drug-likeness (QED) is 0.302. The van der Waals surface area contributed by atoms with Crippen molar-refractivity contribution in [3.05, 3.63) is 64.1 Å². The molecule has 5 rings (SSSR count). The highest BCUT2D eigenvalue weighted by atomic mass is 79.9. The molecule has 13 heteroatoms. The number of anilines is 1. The predicted molar refractivity (Wildman–Crippen MR) is 139 cm³/mol. The Kier molecular flexibility index (Phi) is 6.57. The lowest BCUT2D eigenvalue weighted by Crippen LogP contribution is -2.16. The number of nitrogens with two attached hydrogens (primary N) is 1. The van der Waals surface area contributed by atoms with Crippen LogP contribution in [-0.2, 0) is 14.8 Å². The molecule has 9 nitrogen and oxygen atoms in total. The van der Waals surface area contributed by atoms with Crippen molar-refractivity contribution in [3.63, 3.8) is 0 Å². The van der Waals surface area contributed by atoms with E-state index in [-0.39, 0.29) is 27.3 Å². The molecule has 0 radical (unpaired) electrons. The molecule has 4 aromatic rings. The van der Waals surface area contributed by atoms with E-state index >= 15 is 0 Å². The standard InChI is InChI=1S/C22H18BrClN6O3S2/c23-21-28-29-22(34-11-20(31)27-18-5-3-13(9-17(18)24)35(25,32)33)30(21)19-6-4-14(12-1-2-12)15-7-8-26-10-16(15)19/h3-10,12H,1-2,11H2,(H,27,31)(H2,25,32,33). The first-order chi connectivity index (χ1) is 16.7. The Morgan fingerprint density at radius 3 is 2.71 bits per heavy atom. The number of nitrogens with zero attached hydrogens (tertiary/aromatic N) is 4. The molecule has 1 aliphatic rings. The number of pyridine rings is 1. The third-order valence-electron chi connectivity index (χ3n) is 5.56. The van der Waals surface area contributed by atoms with Gasteiger partial charge in [0.2, 0.25) is 20.7 Å². The van der Waals surface area contributed by atoms with Crippen LogP contribution in [0.2, 0.25) is 5.02 Å². The minimum absolute atomic E-state index is 0.0226. The summed E-state index contributed by atoms with van der Waals surface area (Å²) >= 11 is 10.8. The summed E-state index contributed by atoms with van der Waals surface area (Å²) < 4.78 is 25.3. The maximum absolute atomic E-state index is 12.6. The van der Waals surface area contributed by atoms with Crippen LogP contribution in [0.5, 0.6) is 0 Å². The van der Waals surface area contributed by atoms with E-state index < -0.39 is 10.0 Å². The van der Waals surface area contributed by atoms with Gasteiger partial charge in [-0.15, -0.1) is 10.2 Å². The minimum atomic E-state index is -3.89. The maximum Gasteiger partial charge on any atom is 0.238 e. The number of aromatic nitrogens is 4. The van der Waals surface area contributed by atoms with Crippen molar-refractivity contribution in [2.45, 2.75) is 28.8 Å². The molecule has 0 spiro atoms. The third kappa shape index (κ3) is 5.07. The van der Waals surface area contributed by atoms with Crippen molar-refractivity contribution in [3.8, 4) is 5.69 Å². The molecule has 2 heterocycles. The Hall–Kier alpha value is -2.51. The van der Waals surface area contributed by atoms with Crippen molar-refractivity contribution in [2.75, 3.05) is 11.1 Å². The predicted octanol–water partition coefficient (Wildman–Crippen LogP) is 4.49. The van der Waals surface area contributed by atoms with Crippen LogP contribution in [0.3, 0.4) is 0 Å². The number of carbonyl (C=O) groups excluding carboxylic acids is 1. The summed E-state index contributed by atoms with van der Waals surface area (Å²) in [6, 6.07) is 10.1. The summed E-state index contributed by atoms with van der Waals surface area (Å²) in [6.45, 7) is 0. The highest BCUT2D eigenvalue weighted by Crippen LogP contribution is 2.44. The molecule has 0 aliphatic heterocycles. The number of halogens is 2. The van der Waals surface area contributed by atoms with E-state index in [0.29, 0.717) is 15.8 Å². The Bertz CT molecular complexity index is 1570. The number of thioether (sulfide) groups is 1. The van der Waals surface area contributed by atoms with Gasteiger partial charge in [0.25, 0.3) is 0 Å². The number of hydrogen-bond donors (Lipinski definition) is 2. The third-order valence-corrected chi connectivity index (χ3v) is 8.22. The number of amides is 1. The molecule has 1 aliphatic carbocycles. The van der Waals surface area contributed by atoms with Crippen molar-refractivity contribution < 1.29 is 13.2 Å². The molecule has 0 unspecified atom stereocenters. The van der Waals surface area contributed by atoms with Crippen LogP contribution in [0, 0.1) is 0 Å². The Balaban J connectivity index is 1.37. The highest BCUT2D eigenvalue weighted by Gasteiger charge is 2.26. The number of rotatable bonds is 7. The Morgan fingerprint density at radius 2 is 2.00 bits per heavy atom. The van der Waals surface area contributed by atoms with Crippen molar-refractivity contribution in [1.29, 1.82) is 0 Å². The molecule has 0 bridgehead atoms. The van der Waals surface area contributed by atoms with Crippen molar-refractivity contribution in [1.82, 2.24) is 19.7 Å². The summed E-state index contributed by atoms with van der Waals surface area (Å²) in [4.78, 5) is 16.8. The Labute approximate surface area is 218 Å². The molecular weight excluding hydrogens is 576 g/mol. The summed E-state index contributed by atoms with van der Waals surface area (Å²) in [5.41, 5.74) is 2.45. The molecule has 0 atom stereocenters. The van der Waals surface area contributed by atoms with E-state index in [1.807, 2.05) is 22.9 Å². The first-order valence-corrected chi connectivity index (χ1v) is 14.2. The summed E-state index contributed by atoms with van der Waals surface area (Å²) in [7, 11) is -3.89. The van der Waals surface area contributed by atoms with Crippen LogP contribution >= 0.6 is 39.3 Å². The molecule has 0 saturated heterocycles. The van der Waals surface area contributed by atoms with Gasteiger partial charge in [0, 0.05) is 17.8 Å². The van der Waals surface area contributed by atoms with Crippen LogP contribution in [0.15, 0.2) is 63.6 Å². The molecular formula is C22H18BrClN6O3S2. The second-order valence-corrected chi connectivity index (χ2v) is 11.6. The summed E-state index contributed by atoms with van der Waals surface area (Å²) in [5.74, 6) is 0.262. The second-order valence-electron chi connectivity index (χ2n) is 7.98.